The molecule has 1 aliphatic carbocycles. The minimum atomic E-state index is -0.958. The van der Waals surface area contributed by atoms with Crippen LogP contribution < -0.4 is 10.2 Å². The zero-order valence-corrected chi connectivity index (χ0v) is 15.1. The number of hydrogen-bond donors (Lipinski definition) is 1. The van der Waals surface area contributed by atoms with Crippen LogP contribution in [0.5, 0.6) is 0 Å². The third-order valence-corrected chi connectivity index (χ3v) is 6.42. The van der Waals surface area contributed by atoms with E-state index in [-0.39, 0.29) is 24.2 Å². The van der Waals surface area contributed by atoms with E-state index >= 15 is 0 Å². The number of fused-ring (bicyclic) bond motifs is 1. The standard InChI is InChI=1S/C20H19N3O5/c24-8-11-6-20(7-11)9-22(10-20)13-3-1-2-12-16(13)19(28)23(18(12)27)14-4-5-15(25)21-17(14)26/h1-3,8,11,14H,4-7,9-10H2,(H,21,25,26). The normalized spacial score (nSPS) is 26.1. The minimum absolute atomic E-state index is 0.100. The van der Waals surface area contributed by atoms with Gasteiger partial charge in [-0.05, 0) is 31.4 Å². The van der Waals surface area contributed by atoms with Gasteiger partial charge in [0, 0.05) is 30.8 Å². The molecular formula is C20H19N3O5. The average Bonchev–Trinajstić information content (AvgIpc) is 2.85. The number of anilines is 1. The zero-order valence-electron chi connectivity index (χ0n) is 15.1. The molecular weight excluding hydrogens is 362 g/mol. The maximum atomic E-state index is 13.1. The first-order chi connectivity index (χ1) is 13.4. The maximum absolute atomic E-state index is 13.1. The molecule has 0 radical (unpaired) electrons. The van der Waals surface area contributed by atoms with Crippen molar-refractivity contribution in [1.82, 2.24) is 10.2 Å². The topological polar surface area (TPSA) is 104 Å². The van der Waals surface area contributed by atoms with Crippen LogP contribution in [0.15, 0.2) is 18.2 Å². The molecule has 1 atom stereocenters. The van der Waals surface area contributed by atoms with Crippen molar-refractivity contribution in [3.63, 3.8) is 0 Å². The maximum Gasteiger partial charge on any atom is 0.264 e. The number of carbonyl (C=O) groups is 5. The van der Waals surface area contributed by atoms with Crippen molar-refractivity contribution >= 4 is 35.6 Å². The van der Waals surface area contributed by atoms with E-state index in [0.717, 1.165) is 37.1 Å². The van der Waals surface area contributed by atoms with Gasteiger partial charge in [0.2, 0.25) is 11.8 Å². The quantitative estimate of drug-likeness (QED) is 0.604. The molecule has 1 aromatic carbocycles. The first kappa shape index (κ1) is 17.1. The number of imide groups is 2. The smallest absolute Gasteiger partial charge is 0.264 e. The Hall–Kier alpha value is -3.03. The summed E-state index contributed by atoms with van der Waals surface area (Å²) in [5.74, 6) is -1.83. The van der Waals surface area contributed by atoms with E-state index in [9.17, 15) is 24.0 Å². The number of hydrogen-bond acceptors (Lipinski definition) is 6. The summed E-state index contributed by atoms with van der Waals surface area (Å²) in [5, 5.41) is 2.21. The van der Waals surface area contributed by atoms with Gasteiger partial charge < -0.3 is 9.69 Å². The van der Waals surface area contributed by atoms with Crippen LogP contribution >= 0.6 is 0 Å². The molecule has 4 aliphatic rings. The molecule has 2 saturated heterocycles. The summed E-state index contributed by atoms with van der Waals surface area (Å²) in [4.78, 5) is 63.5. The first-order valence-electron chi connectivity index (χ1n) is 9.47. The van der Waals surface area contributed by atoms with E-state index in [2.05, 4.69) is 10.2 Å². The Morgan fingerprint density at radius 3 is 2.50 bits per heavy atom. The van der Waals surface area contributed by atoms with Crippen molar-refractivity contribution in [3.8, 4) is 0 Å². The SMILES string of the molecule is O=CC1CC2(C1)CN(c1cccc3c1C(=O)N(C1CCC(=O)NC1=O)C3=O)C2. The highest BCUT2D eigenvalue weighted by molar-refractivity contribution is 6.25. The van der Waals surface area contributed by atoms with Crippen LogP contribution in [0.4, 0.5) is 5.69 Å². The van der Waals surface area contributed by atoms with Gasteiger partial charge in [0.05, 0.1) is 16.8 Å². The Balaban J connectivity index is 1.41. The average molecular weight is 381 g/mol. The highest BCUT2D eigenvalue weighted by atomic mass is 16.2. The van der Waals surface area contributed by atoms with Crippen molar-refractivity contribution in [2.24, 2.45) is 11.3 Å². The van der Waals surface area contributed by atoms with Crippen molar-refractivity contribution < 1.29 is 24.0 Å². The molecule has 1 spiro atoms. The van der Waals surface area contributed by atoms with Crippen molar-refractivity contribution in [2.45, 2.75) is 31.7 Å². The Labute approximate surface area is 160 Å². The fourth-order valence-electron chi connectivity index (χ4n) is 5.10. The molecule has 144 valence electrons. The fraction of sp³-hybridized carbons (Fsp3) is 0.450. The largest absolute Gasteiger partial charge is 0.370 e. The highest BCUT2D eigenvalue weighted by Crippen LogP contribution is 2.53. The molecule has 28 heavy (non-hydrogen) atoms. The number of carbonyl (C=O) groups excluding carboxylic acids is 5. The van der Waals surface area contributed by atoms with E-state index in [1.54, 1.807) is 12.1 Å². The fourth-order valence-corrected chi connectivity index (χ4v) is 5.10. The Morgan fingerprint density at radius 2 is 1.82 bits per heavy atom. The predicted octanol–water partition coefficient (Wildman–Crippen LogP) is 0.503. The molecule has 8 heteroatoms. The third-order valence-electron chi connectivity index (χ3n) is 6.42. The second-order valence-corrected chi connectivity index (χ2v) is 8.31. The number of benzene rings is 1. The first-order valence-corrected chi connectivity index (χ1v) is 9.47. The van der Waals surface area contributed by atoms with Crippen LogP contribution in [-0.2, 0) is 14.4 Å². The number of aldehydes is 1. The lowest BCUT2D eigenvalue weighted by Gasteiger charge is -2.59. The molecule has 1 aromatic rings. The van der Waals surface area contributed by atoms with E-state index in [1.807, 2.05) is 6.07 Å². The van der Waals surface area contributed by atoms with Crippen LogP contribution in [0.25, 0.3) is 0 Å². The summed E-state index contributed by atoms with van der Waals surface area (Å²) in [7, 11) is 0. The molecule has 4 amide bonds. The van der Waals surface area contributed by atoms with Gasteiger partial charge >= 0.3 is 0 Å². The summed E-state index contributed by atoms with van der Waals surface area (Å²) in [6.07, 6.45) is 3.00. The van der Waals surface area contributed by atoms with Gasteiger partial charge in [0.25, 0.3) is 11.8 Å². The lowest BCUT2D eigenvalue weighted by Crippen LogP contribution is -2.63. The number of nitrogens with one attached hydrogen (secondary N) is 1. The summed E-state index contributed by atoms with van der Waals surface area (Å²) in [5.41, 5.74) is 1.47. The van der Waals surface area contributed by atoms with Crippen molar-refractivity contribution in [3.05, 3.63) is 29.3 Å². The molecule has 0 aromatic heterocycles. The predicted molar refractivity (Wildman–Crippen MR) is 96.5 cm³/mol. The highest BCUT2D eigenvalue weighted by Gasteiger charge is 2.54. The molecule has 3 aliphatic heterocycles. The molecule has 3 heterocycles. The van der Waals surface area contributed by atoms with Gasteiger partial charge in [0.15, 0.2) is 0 Å². The van der Waals surface area contributed by atoms with Crippen LogP contribution in [-0.4, -0.2) is 53.9 Å². The Kier molecular flexibility index (Phi) is 3.50. The van der Waals surface area contributed by atoms with E-state index in [1.165, 1.54) is 0 Å². The monoisotopic (exact) mass is 381 g/mol. The van der Waals surface area contributed by atoms with Crippen LogP contribution in [0.3, 0.4) is 0 Å². The van der Waals surface area contributed by atoms with Gasteiger partial charge in [-0.3, -0.25) is 29.4 Å². The minimum Gasteiger partial charge on any atom is -0.370 e. The van der Waals surface area contributed by atoms with Crippen molar-refractivity contribution in [2.75, 3.05) is 18.0 Å². The number of piperidine rings is 1. The van der Waals surface area contributed by atoms with Crippen LogP contribution in [0, 0.1) is 11.3 Å². The molecule has 3 fully saturated rings. The molecule has 1 unspecified atom stereocenters. The van der Waals surface area contributed by atoms with E-state index in [4.69, 9.17) is 0 Å². The van der Waals surface area contributed by atoms with Gasteiger partial charge in [-0.25, -0.2) is 0 Å². The summed E-state index contributed by atoms with van der Waals surface area (Å²) >= 11 is 0. The van der Waals surface area contributed by atoms with E-state index in [0.29, 0.717) is 16.8 Å². The molecule has 1 N–H and O–H groups in total. The van der Waals surface area contributed by atoms with Gasteiger partial charge in [-0.2, -0.15) is 0 Å². The molecule has 8 nitrogen and oxygen atoms in total. The van der Waals surface area contributed by atoms with Crippen molar-refractivity contribution in [1.29, 1.82) is 0 Å². The second kappa shape index (κ2) is 5.73. The molecule has 5 rings (SSSR count). The van der Waals surface area contributed by atoms with Gasteiger partial charge in [-0.1, -0.05) is 6.07 Å². The number of nitrogens with zero attached hydrogens (tertiary/aromatic N) is 2. The number of rotatable bonds is 3. The zero-order chi connectivity index (χ0) is 19.6. The summed E-state index contributed by atoms with van der Waals surface area (Å²) in [6.45, 7) is 1.52. The molecule has 1 saturated carbocycles. The summed E-state index contributed by atoms with van der Waals surface area (Å²) < 4.78 is 0. The third kappa shape index (κ3) is 2.26. The van der Waals surface area contributed by atoms with Crippen LogP contribution in [0.2, 0.25) is 0 Å². The lowest BCUT2D eigenvalue weighted by atomic mass is 9.58. The summed E-state index contributed by atoms with van der Waals surface area (Å²) in [6, 6.07) is 4.21. The Bertz CT molecular complexity index is 941. The Morgan fingerprint density at radius 1 is 1.07 bits per heavy atom. The lowest BCUT2D eigenvalue weighted by molar-refractivity contribution is -0.136. The second-order valence-electron chi connectivity index (χ2n) is 8.31. The molecule has 0 bridgehead atoms. The number of amides is 4. The van der Waals surface area contributed by atoms with Crippen LogP contribution in [0.1, 0.15) is 46.4 Å². The van der Waals surface area contributed by atoms with E-state index < -0.39 is 29.7 Å². The van der Waals surface area contributed by atoms with Gasteiger partial charge in [-0.15, -0.1) is 0 Å². The van der Waals surface area contributed by atoms with Gasteiger partial charge in [0.1, 0.15) is 12.3 Å².